The maximum absolute atomic E-state index is 9.81. The molecule has 1 heterocycles. The molecule has 2 rings (SSSR count). The Morgan fingerprint density at radius 1 is 0.824 bits per heavy atom. The van der Waals surface area contributed by atoms with E-state index in [2.05, 4.69) is 24.9 Å². The summed E-state index contributed by atoms with van der Waals surface area (Å²) in [4.78, 5) is 3.26. The summed E-state index contributed by atoms with van der Waals surface area (Å²) in [5, 5.41) is 9.81. The lowest BCUT2D eigenvalue weighted by Gasteiger charge is -2.16. The number of pyridine rings is 1. The van der Waals surface area contributed by atoms with Crippen LogP contribution in [0.5, 0.6) is 5.75 Å². The molecule has 0 saturated heterocycles. The molecule has 0 aliphatic rings. The highest BCUT2D eigenvalue weighted by atomic mass is 32.1. The fraction of sp³-hybridized carbons (Fsp3) is 0.600. The zero-order valence-corrected chi connectivity index (χ0v) is 22.5. The summed E-state index contributed by atoms with van der Waals surface area (Å²) in [7, 11) is 1.67. The summed E-state index contributed by atoms with van der Waals surface area (Å²) in [6.45, 7) is 4.35. The number of aromatic amines is 1. The van der Waals surface area contributed by atoms with Crippen molar-refractivity contribution >= 4 is 12.2 Å². The number of aromatic nitrogens is 1. The molecule has 4 heteroatoms. The molecule has 0 radical (unpaired) electrons. The van der Waals surface area contributed by atoms with Crippen molar-refractivity contribution in [2.45, 2.75) is 110 Å². The topological polar surface area (TPSA) is 48.8 Å². The van der Waals surface area contributed by atoms with Gasteiger partial charge >= 0.3 is 0 Å². The van der Waals surface area contributed by atoms with Gasteiger partial charge in [0, 0.05) is 11.3 Å². The lowest BCUT2D eigenvalue weighted by Crippen LogP contribution is -2.02. The molecular weight excluding hydrogens is 436 g/mol. The van der Waals surface area contributed by atoms with E-state index in [0.29, 0.717) is 10.2 Å². The lowest BCUT2D eigenvalue weighted by atomic mass is 9.91. The van der Waals surface area contributed by atoms with Crippen LogP contribution in [0.1, 0.15) is 114 Å². The molecule has 3 nitrogen and oxygen atoms in total. The molecule has 1 aromatic heterocycles. The van der Waals surface area contributed by atoms with Gasteiger partial charge in [-0.1, -0.05) is 115 Å². The number of unbranched alkanes of at least 4 members (excludes halogenated alkanes) is 13. The summed E-state index contributed by atoms with van der Waals surface area (Å²) >= 11 is 5.48. The standard InChI is InChI=1S/C30H44N2OS/c1-4-5-6-7-8-9-10-11-12-13-14-15-16-17-18-27-24(2)32-30(34)28(23-31)29(27)25-19-21-26(33-3)22-20-25/h19-22H,4-18H2,1-3H3,(H,32,34). The first-order chi connectivity index (χ1) is 16.6. The smallest absolute Gasteiger partial charge is 0.122 e. The third-order valence-electron chi connectivity index (χ3n) is 6.80. The van der Waals surface area contributed by atoms with Crippen molar-refractivity contribution in [3.05, 3.63) is 45.7 Å². The van der Waals surface area contributed by atoms with Crippen molar-refractivity contribution < 1.29 is 4.74 Å². The molecule has 0 aliphatic carbocycles. The number of benzene rings is 1. The Bertz CT molecular complexity index is 940. The Morgan fingerprint density at radius 2 is 1.32 bits per heavy atom. The van der Waals surface area contributed by atoms with Gasteiger partial charge in [0.15, 0.2) is 0 Å². The van der Waals surface area contributed by atoms with Crippen LogP contribution in [0.3, 0.4) is 0 Å². The monoisotopic (exact) mass is 480 g/mol. The molecule has 0 saturated carbocycles. The predicted molar refractivity (Wildman–Crippen MR) is 147 cm³/mol. The molecule has 186 valence electrons. The van der Waals surface area contributed by atoms with E-state index in [9.17, 15) is 5.26 Å². The van der Waals surface area contributed by atoms with E-state index < -0.39 is 0 Å². The van der Waals surface area contributed by atoms with Crippen molar-refractivity contribution in [3.63, 3.8) is 0 Å². The summed E-state index contributed by atoms with van der Waals surface area (Å²) in [6.07, 6.45) is 20.0. The molecule has 0 aliphatic heterocycles. The van der Waals surface area contributed by atoms with Crippen LogP contribution in [-0.2, 0) is 6.42 Å². The van der Waals surface area contributed by atoms with E-state index in [-0.39, 0.29) is 0 Å². The number of methoxy groups -OCH3 is 1. The summed E-state index contributed by atoms with van der Waals surface area (Å²) < 4.78 is 5.83. The van der Waals surface area contributed by atoms with Crippen LogP contribution >= 0.6 is 12.2 Å². The lowest BCUT2D eigenvalue weighted by molar-refractivity contribution is 0.415. The molecule has 0 spiro atoms. The van der Waals surface area contributed by atoms with Gasteiger partial charge in [0.05, 0.1) is 12.7 Å². The van der Waals surface area contributed by atoms with E-state index >= 15 is 0 Å². The van der Waals surface area contributed by atoms with Crippen LogP contribution in [0.15, 0.2) is 24.3 Å². The van der Waals surface area contributed by atoms with Gasteiger partial charge in [-0.3, -0.25) is 0 Å². The number of hydrogen-bond acceptors (Lipinski definition) is 3. The maximum atomic E-state index is 9.81. The first kappa shape index (κ1) is 28.1. The third kappa shape index (κ3) is 9.26. The van der Waals surface area contributed by atoms with Crippen LogP contribution in [-0.4, -0.2) is 12.1 Å². The van der Waals surface area contributed by atoms with Gasteiger partial charge in [-0.25, -0.2) is 0 Å². The number of rotatable bonds is 17. The quantitative estimate of drug-likeness (QED) is 0.181. The van der Waals surface area contributed by atoms with Crippen molar-refractivity contribution in [3.8, 4) is 22.9 Å². The van der Waals surface area contributed by atoms with Gasteiger partial charge in [0.25, 0.3) is 0 Å². The Kier molecular flexibility index (Phi) is 13.6. The number of nitrogens with zero attached hydrogens (tertiary/aromatic N) is 1. The first-order valence-corrected chi connectivity index (χ1v) is 13.8. The zero-order chi connectivity index (χ0) is 24.6. The van der Waals surface area contributed by atoms with Crippen molar-refractivity contribution in [1.29, 1.82) is 5.26 Å². The second kappa shape index (κ2) is 16.5. The summed E-state index contributed by atoms with van der Waals surface area (Å²) in [6, 6.07) is 10.3. The molecule has 34 heavy (non-hydrogen) atoms. The van der Waals surface area contributed by atoms with Gasteiger partial charge in [-0.2, -0.15) is 5.26 Å². The largest absolute Gasteiger partial charge is 0.497 e. The number of H-pyrrole nitrogens is 1. The normalized spacial score (nSPS) is 10.9. The van der Waals surface area contributed by atoms with Gasteiger partial charge in [0.1, 0.15) is 16.5 Å². The minimum Gasteiger partial charge on any atom is -0.497 e. The van der Waals surface area contributed by atoms with E-state index in [1.165, 1.54) is 89.0 Å². The average molecular weight is 481 g/mol. The maximum Gasteiger partial charge on any atom is 0.122 e. The van der Waals surface area contributed by atoms with Crippen LogP contribution in [0.4, 0.5) is 0 Å². The number of nitrogens with one attached hydrogen (secondary N) is 1. The van der Waals surface area contributed by atoms with E-state index in [4.69, 9.17) is 17.0 Å². The molecule has 0 bridgehead atoms. The zero-order valence-electron chi connectivity index (χ0n) is 21.7. The fourth-order valence-corrected chi connectivity index (χ4v) is 5.05. The van der Waals surface area contributed by atoms with Crippen molar-refractivity contribution in [2.75, 3.05) is 7.11 Å². The molecule has 2 aromatic rings. The first-order valence-electron chi connectivity index (χ1n) is 13.4. The Labute approximate surface area is 213 Å². The van der Waals surface area contributed by atoms with Gasteiger partial charge < -0.3 is 9.72 Å². The van der Waals surface area contributed by atoms with Crippen LogP contribution in [0.2, 0.25) is 0 Å². The van der Waals surface area contributed by atoms with E-state index in [1.54, 1.807) is 7.11 Å². The average Bonchev–Trinajstić information content (AvgIpc) is 2.85. The highest BCUT2D eigenvalue weighted by Gasteiger charge is 2.16. The Balaban J connectivity index is 1.78. The SMILES string of the molecule is CCCCCCCCCCCCCCCCc1c(C)[nH]c(=S)c(C#N)c1-c1ccc(OC)cc1. The minimum absolute atomic E-state index is 0.524. The van der Waals surface area contributed by atoms with Gasteiger partial charge in [0.2, 0.25) is 0 Å². The van der Waals surface area contributed by atoms with E-state index in [1.807, 2.05) is 24.3 Å². The van der Waals surface area contributed by atoms with Crippen molar-refractivity contribution in [1.82, 2.24) is 4.98 Å². The fourth-order valence-electron chi connectivity index (χ4n) is 4.75. The van der Waals surface area contributed by atoms with Crippen LogP contribution < -0.4 is 4.74 Å². The second-order valence-corrected chi connectivity index (χ2v) is 9.90. The highest BCUT2D eigenvalue weighted by Crippen LogP contribution is 2.32. The molecule has 1 N–H and O–H groups in total. The Hall–Kier alpha value is -2.12. The van der Waals surface area contributed by atoms with Gasteiger partial charge in [-0.05, 0) is 43.0 Å². The van der Waals surface area contributed by atoms with E-state index in [0.717, 1.165) is 35.4 Å². The Morgan fingerprint density at radius 3 is 1.79 bits per heavy atom. The molecule has 0 atom stereocenters. The molecule has 0 fully saturated rings. The number of nitriles is 1. The number of hydrogen-bond donors (Lipinski definition) is 1. The number of ether oxygens (including phenoxy) is 1. The second-order valence-electron chi connectivity index (χ2n) is 9.49. The van der Waals surface area contributed by atoms with Crippen LogP contribution in [0, 0.1) is 22.9 Å². The molecule has 1 aromatic carbocycles. The predicted octanol–water partition coefficient (Wildman–Crippen LogP) is 9.62. The highest BCUT2D eigenvalue weighted by molar-refractivity contribution is 7.71. The van der Waals surface area contributed by atoms with Crippen LogP contribution in [0.25, 0.3) is 11.1 Å². The summed E-state index contributed by atoms with van der Waals surface area (Å²) in [5.74, 6) is 0.814. The van der Waals surface area contributed by atoms with Gasteiger partial charge in [-0.15, -0.1) is 0 Å². The number of aryl methyl sites for hydroxylation is 1. The van der Waals surface area contributed by atoms with Crippen molar-refractivity contribution in [2.24, 2.45) is 0 Å². The molecule has 0 unspecified atom stereocenters. The third-order valence-corrected chi connectivity index (χ3v) is 7.11. The molecular formula is C30H44N2OS. The minimum atomic E-state index is 0.524. The molecule has 0 amide bonds. The summed E-state index contributed by atoms with van der Waals surface area (Å²) in [5.41, 5.74) is 4.88.